The zero-order valence-corrected chi connectivity index (χ0v) is 14.0. The first-order valence-electron chi connectivity index (χ1n) is 7.68. The van der Waals surface area contributed by atoms with Crippen LogP contribution in [0.5, 0.6) is 0 Å². The van der Waals surface area contributed by atoms with Gasteiger partial charge in [0.15, 0.2) is 0 Å². The number of piperazine rings is 1. The Bertz CT molecular complexity index is 566. The molecule has 1 aromatic carbocycles. The molecule has 6 heteroatoms. The van der Waals surface area contributed by atoms with Crippen LogP contribution in [-0.2, 0) is 4.79 Å². The van der Waals surface area contributed by atoms with Gasteiger partial charge in [0.2, 0.25) is 5.91 Å². The Morgan fingerprint density at radius 2 is 1.91 bits per heavy atom. The summed E-state index contributed by atoms with van der Waals surface area (Å²) in [6.45, 7) is 3.27. The molecule has 0 atom stereocenters. The smallest absolute Gasteiger partial charge is 0.253 e. The maximum absolute atomic E-state index is 12.4. The molecule has 0 radical (unpaired) electrons. The van der Waals surface area contributed by atoms with Gasteiger partial charge in [-0.3, -0.25) is 14.5 Å². The third-order valence-corrected chi connectivity index (χ3v) is 4.53. The van der Waals surface area contributed by atoms with Crippen LogP contribution in [0.25, 0.3) is 0 Å². The lowest BCUT2D eigenvalue weighted by atomic mass is 10.2. The molecule has 1 aliphatic heterocycles. The summed E-state index contributed by atoms with van der Waals surface area (Å²) in [6, 6.07) is 7.87. The summed E-state index contributed by atoms with van der Waals surface area (Å²) in [4.78, 5) is 28.2. The van der Waals surface area contributed by atoms with Crippen molar-refractivity contribution in [1.29, 1.82) is 0 Å². The van der Waals surface area contributed by atoms with E-state index in [0.29, 0.717) is 31.2 Å². The summed E-state index contributed by atoms with van der Waals surface area (Å²) in [5, 5.41) is 3.00. The zero-order chi connectivity index (χ0) is 15.5. The van der Waals surface area contributed by atoms with E-state index < -0.39 is 0 Å². The maximum Gasteiger partial charge on any atom is 0.253 e. The maximum atomic E-state index is 12.4. The topological polar surface area (TPSA) is 52.7 Å². The van der Waals surface area contributed by atoms with E-state index in [4.69, 9.17) is 0 Å². The van der Waals surface area contributed by atoms with Crippen LogP contribution in [-0.4, -0.2) is 60.4 Å². The van der Waals surface area contributed by atoms with E-state index in [1.165, 1.54) is 0 Å². The van der Waals surface area contributed by atoms with Crippen molar-refractivity contribution in [3.05, 3.63) is 34.3 Å². The van der Waals surface area contributed by atoms with Gasteiger partial charge < -0.3 is 10.2 Å². The number of nitrogens with one attached hydrogen (secondary N) is 1. The van der Waals surface area contributed by atoms with Crippen molar-refractivity contribution >= 4 is 27.7 Å². The molecule has 0 aromatic heterocycles. The predicted molar refractivity (Wildman–Crippen MR) is 87.7 cm³/mol. The highest BCUT2D eigenvalue weighted by atomic mass is 79.9. The van der Waals surface area contributed by atoms with E-state index in [1.807, 2.05) is 29.2 Å². The second-order valence-electron chi connectivity index (χ2n) is 5.92. The molecule has 118 valence electrons. The summed E-state index contributed by atoms with van der Waals surface area (Å²) in [5.41, 5.74) is 0.703. The van der Waals surface area contributed by atoms with Crippen LogP contribution in [0.2, 0.25) is 0 Å². The van der Waals surface area contributed by atoms with E-state index in [-0.39, 0.29) is 11.8 Å². The number of rotatable bonds is 4. The van der Waals surface area contributed by atoms with Gasteiger partial charge in [-0.1, -0.05) is 22.0 Å². The van der Waals surface area contributed by atoms with Crippen molar-refractivity contribution in [1.82, 2.24) is 15.1 Å². The van der Waals surface area contributed by atoms with Crippen LogP contribution in [0.4, 0.5) is 0 Å². The molecule has 22 heavy (non-hydrogen) atoms. The third kappa shape index (κ3) is 4.08. The molecule has 2 amide bonds. The van der Waals surface area contributed by atoms with Crippen LogP contribution in [0, 0.1) is 0 Å². The molecule has 0 bridgehead atoms. The lowest BCUT2D eigenvalue weighted by Crippen LogP contribution is -2.51. The molecule has 3 rings (SSSR count). The first-order valence-corrected chi connectivity index (χ1v) is 8.48. The minimum absolute atomic E-state index is 0.0587. The molecule has 1 N–H and O–H groups in total. The largest absolute Gasteiger partial charge is 0.352 e. The Morgan fingerprint density at radius 3 is 2.55 bits per heavy atom. The van der Waals surface area contributed by atoms with Gasteiger partial charge in [-0.2, -0.15) is 0 Å². The summed E-state index contributed by atoms with van der Waals surface area (Å²) in [7, 11) is 0. The van der Waals surface area contributed by atoms with Crippen LogP contribution >= 0.6 is 15.9 Å². The number of amides is 2. The highest BCUT2D eigenvalue weighted by Gasteiger charge is 2.26. The fraction of sp³-hybridized carbons (Fsp3) is 0.500. The molecule has 2 aliphatic rings. The van der Waals surface area contributed by atoms with Gasteiger partial charge in [0.25, 0.3) is 5.91 Å². The Hall–Kier alpha value is -1.40. The molecule has 1 heterocycles. The van der Waals surface area contributed by atoms with E-state index in [2.05, 4.69) is 26.1 Å². The second-order valence-corrected chi connectivity index (χ2v) is 6.84. The Labute approximate surface area is 138 Å². The van der Waals surface area contributed by atoms with Crippen molar-refractivity contribution in [3.8, 4) is 0 Å². The first kappa shape index (κ1) is 15.5. The number of carbonyl (C=O) groups excluding carboxylic acids is 2. The van der Waals surface area contributed by atoms with Crippen LogP contribution in [0.1, 0.15) is 23.2 Å². The number of halogens is 1. The molecule has 1 aliphatic carbocycles. The Kier molecular flexibility index (Phi) is 4.78. The molecule has 1 saturated carbocycles. The lowest BCUT2D eigenvalue weighted by molar-refractivity contribution is -0.122. The van der Waals surface area contributed by atoms with Crippen molar-refractivity contribution < 1.29 is 9.59 Å². The standard InChI is InChI=1S/C16H20BrN3O2/c17-13-3-1-2-12(10-13)16(22)20-8-6-19(7-9-20)11-15(21)18-14-4-5-14/h1-3,10,14H,4-9,11H2,(H,18,21). The molecule has 0 unspecified atom stereocenters. The highest BCUT2D eigenvalue weighted by Crippen LogP contribution is 2.18. The average Bonchev–Trinajstić information content (AvgIpc) is 3.31. The van der Waals surface area contributed by atoms with Gasteiger partial charge in [-0.05, 0) is 31.0 Å². The van der Waals surface area contributed by atoms with Crippen LogP contribution in [0.15, 0.2) is 28.7 Å². The Balaban J connectivity index is 1.48. The van der Waals surface area contributed by atoms with Crippen molar-refractivity contribution in [2.75, 3.05) is 32.7 Å². The van der Waals surface area contributed by atoms with Gasteiger partial charge in [0.05, 0.1) is 6.54 Å². The molecule has 5 nitrogen and oxygen atoms in total. The highest BCUT2D eigenvalue weighted by molar-refractivity contribution is 9.10. The first-order chi connectivity index (χ1) is 10.6. The monoisotopic (exact) mass is 365 g/mol. The molecule has 1 aromatic rings. The third-order valence-electron chi connectivity index (χ3n) is 4.04. The predicted octanol–water partition coefficient (Wildman–Crippen LogP) is 1.49. The van der Waals surface area contributed by atoms with Gasteiger partial charge in [-0.15, -0.1) is 0 Å². The van der Waals surface area contributed by atoms with E-state index in [0.717, 1.165) is 30.4 Å². The van der Waals surface area contributed by atoms with E-state index in [9.17, 15) is 9.59 Å². The van der Waals surface area contributed by atoms with Gasteiger partial charge in [-0.25, -0.2) is 0 Å². The van der Waals surface area contributed by atoms with Crippen molar-refractivity contribution in [2.24, 2.45) is 0 Å². The van der Waals surface area contributed by atoms with Crippen molar-refractivity contribution in [3.63, 3.8) is 0 Å². The number of nitrogens with zero attached hydrogens (tertiary/aromatic N) is 2. The lowest BCUT2D eigenvalue weighted by Gasteiger charge is -2.34. The van der Waals surface area contributed by atoms with Gasteiger partial charge >= 0.3 is 0 Å². The number of carbonyl (C=O) groups is 2. The van der Waals surface area contributed by atoms with Gasteiger partial charge in [0, 0.05) is 42.3 Å². The summed E-state index contributed by atoms with van der Waals surface area (Å²) >= 11 is 3.39. The van der Waals surface area contributed by atoms with E-state index >= 15 is 0 Å². The molecule has 1 saturated heterocycles. The summed E-state index contributed by atoms with van der Waals surface area (Å²) < 4.78 is 0.911. The fourth-order valence-electron chi connectivity index (χ4n) is 2.62. The minimum Gasteiger partial charge on any atom is -0.352 e. The molecular formula is C16H20BrN3O2. The second kappa shape index (κ2) is 6.79. The molecule has 0 spiro atoms. The van der Waals surface area contributed by atoms with E-state index in [1.54, 1.807) is 0 Å². The number of hydrogen-bond donors (Lipinski definition) is 1. The van der Waals surface area contributed by atoms with Crippen LogP contribution in [0.3, 0.4) is 0 Å². The summed E-state index contributed by atoms with van der Waals surface area (Å²) in [5.74, 6) is 0.164. The van der Waals surface area contributed by atoms with Crippen molar-refractivity contribution in [2.45, 2.75) is 18.9 Å². The normalized spacial score (nSPS) is 19.0. The van der Waals surface area contributed by atoms with Crippen LogP contribution < -0.4 is 5.32 Å². The molecular weight excluding hydrogens is 346 g/mol. The van der Waals surface area contributed by atoms with Gasteiger partial charge in [0.1, 0.15) is 0 Å². The Morgan fingerprint density at radius 1 is 1.18 bits per heavy atom. The zero-order valence-electron chi connectivity index (χ0n) is 12.4. The fourth-order valence-corrected chi connectivity index (χ4v) is 3.02. The average molecular weight is 366 g/mol. The number of benzene rings is 1. The SMILES string of the molecule is O=C(CN1CCN(C(=O)c2cccc(Br)c2)CC1)NC1CC1. The summed E-state index contributed by atoms with van der Waals surface area (Å²) in [6.07, 6.45) is 2.22. The molecule has 2 fully saturated rings. The number of hydrogen-bond acceptors (Lipinski definition) is 3. The quantitative estimate of drug-likeness (QED) is 0.879. The minimum atomic E-state index is 0.0587.